The van der Waals surface area contributed by atoms with E-state index in [0.29, 0.717) is 18.7 Å². The summed E-state index contributed by atoms with van der Waals surface area (Å²) in [6.07, 6.45) is 2.28. The molecular formula is C22H22FN3O2. The smallest absolute Gasteiger partial charge is 0.219 e. The molecule has 0 radical (unpaired) electrons. The van der Waals surface area contributed by atoms with Crippen molar-refractivity contribution in [2.45, 2.75) is 19.3 Å². The van der Waals surface area contributed by atoms with Crippen molar-refractivity contribution in [1.82, 2.24) is 4.90 Å². The van der Waals surface area contributed by atoms with Gasteiger partial charge >= 0.3 is 0 Å². The van der Waals surface area contributed by atoms with E-state index in [0.717, 1.165) is 28.8 Å². The number of nitrogens with one attached hydrogen (secondary N) is 2. The number of amides is 1. The van der Waals surface area contributed by atoms with E-state index in [1.54, 1.807) is 24.0 Å². The Morgan fingerprint density at radius 1 is 1.32 bits per heavy atom. The second-order valence-corrected chi connectivity index (χ2v) is 7.74. The molecule has 1 heterocycles. The van der Waals surface area contributed by atoms with Crippen molar-refractivity contribution < 1.29 is 14.0 Å². The van der Waals surface area contributed by atoms with Gasteiger partial charge in [0.05, 0.1) is 0 Å². The molecule has 2 aromatic carbocycles. The normalized spacial score (nSPS) is 25.2. The number of hydrogen-bond donors (Lipinski definition) is 2. The van der Waals surface area contributed by atoms with E-state index >= 15 is 0 Å². The van der Waals surface area contributed by atoms with Gasteiger partial charge in [0.1, 0.15) is 12.1 Å². The SMILES string of the molecule is CC(=O)N1CC2C(C=O)C2(c2cc(C=N)c(Nc3ccc(F)cc3)cc2C)C1. The Bertz CT molecular complexity index is 972. The van der Waals surface area contributed by atoms with Gasteiger partial charge in [0, 0.05) is 54.5 Å². The third-order valence-corrected chi connectivity index (χ3v) is 6.22. The quantitative estimate of drug-likeness (QED) is 0.618. The molecule has 4 rings (SSSR count). The number of carbonyl (C=O) groups is 2. The lowest BCUT2D eigenvalue weighted by molar-refractivity contribution is -0.129. The van der Waals surface area contributed by atoms with Gasteiger partial charge in [-0.1, -0.05) is 0 Å². The maximum atomic E-state index is 13.1. The molecule has 2 fully saturated rings. The molecule has 1 aliphatic carbocycles. The monoisotopic (exact) mass is 379 g/mol. The van der Waals surface area contributed by atoms with Crippen LogP contribution in [0.25, 0.3) is 0 Å². The molecule has 6 heteroatoms. The van der Waals surface area contributed by atoms with E-state index in [2.05, 4.69) is 5.32 Å². The van der Waals surface area contributed by atoms with Gasteiger partial charge in [0.2, 0.25) is 5.91 Å². The molecule has 28 heavy (non-hydrogen) atoms. The lowest BCUT2D eigenvalue weighted by Gasteiger charge is -2.24. The number of aldehydes is 1. The molecule has 1 aliphatic heterocycles. The fourth-order valence-electron chi connectivity index (χ4n) is 4.73. The van der Waals surface area contributed by atoms with Crippen LogP contribution in [-0.2, 0) is 15.0 Å². The summed E-state index contributed by atoms with van der Waals surface area (Å²) in [6, 6.07) is 9.96. The predicted octanol–water partition coefficient (Wildman–Crippen LogP) is 3.42. The summed E-state index contributed by atoms with van der Waals surface area (Å²) in [7, 11) is 0. The minimum Gasteiger partial charge on any atom is -0.355 e. The number of rotatable bonds is 5. The zero-order valence-electron chi connectivity index (χ0n) is 15.8. The van der Waals surface area contributed by atoms with E-state index < -0.39 is 0 Å². The van der Waals surface area contributed by atoms with Crippen molar-refractivity contribution in [3.63, 3.8) is 0 Å². The van der Waals surface area contributed by atoms with E-state index in [9.17, 15) is 14.0 Å². The van der Waals surface area contributed by atoms with Gasteiger partial charge in [-0.3, -0.25) is 4.79 Å². The first kappa shape index (κ1) is 18.3. The minimum atomic E-state index is -0.344. The molecule has 5 nitrogen and oxygen atoms in total. The Balaban J connectivity index is 1.71. The first-order valence-electron chi connectivity index (χ1n) is 9.29. The van der Waals surface area contributed by atoms with Gasteiger partial charge in [-0.05, 0) is 60.4 Å². The number of fused-ring (bicyclic) bond motifs is 1. The molecule has 3 atom stereocenters. The van der Waals surface area contributed by atoms with E-state index in [4.69, 9.17) is 5.41 Å². The number of likely N-dealkylation sites (tertiary alicyclic amines) is 1. The number of carbonyl (C=O) groups excluding carboxylic acids is 2. The van der Waals surface area contributed by atoms with E-state index in [1.807, 2.05) is 19.1 Å². The third-order valence-electron chi connectivity index (χ3n) is 6.22. The summed E-state index contributed by atoms with van der Waals surface area (Å²) < 4.78 is 13.1. The first-order valence-corrected chi connectivity index (χ1v) is 9.29. The van der Waals surface area contributed by atoms with Gasteiger partial charge < -0.3 is 20.4 Å². The van der Waals surface area contributed by atoms with Gasteiger partial charge in [0.15, 0.2) is 0 Å². The van der Waals surface area contributed by atoms with Crippen LogP contribution in [0, 0.1) is 30.0 Å². The summed E-state index contributed by atoms with van der Waals surface area (Å²) >= 11 is 0. The molecule has 1 amide bonds. The van der Waals surface area contributed by atoms with Crippen molar-refractivity contribution in [1.29, 1.82) is 5.41 Å². The predicted molar refractivity (Wildman–Crippen MR) is 106 cm³/mol. The fraction of sp³-hybridized carbons (Fsp3) is 0.318. The zero-order chi connectivity index (χ0) is 20.1. The summed E-state index contributed by atoms with van der Waals surface area (Å²) in [4.78, 5) is 25.3. The number of nitrogens with zero attached hydrogens (tertiary/aromatic N) is 1. The Labute approximate surface area is 163 Å². The van der Waals surface area contributed by atoms with Crippen LogP contribution in [0.5, 0.6) is 0 Å². The van der Waals surface area contributed by atoms with E-state index in [-0.39, 0.29) is 29.0 Å². The largest absolute Gasteiger partial charge is 0.355 e. The third kappa shape index (κ3) is 2.71. The van der Waals surface area contributed by atoms with Crippen LogP contribution in [0.3, 0.4) is 0 Å². The summed E-state index contributed by atoms with van der Waals surface area (Å²) in [6.45, 7) is 4.69. The standard InChI is InChI=1S/C22H22FN3O2/c1-13-7-21(25-17-5-3-16(23)4-6-17)15(9-24)8-18(13)22-12-26(14(2)28)10-19(22)20(22)11-27/h3-9,11,19-20,24-25H,10,12H2,1-2H3. The highest BCUT2D eigenvalue weighted by atomic mass is 19.1. The number of piperidine rings is 1. The molecule has 2 aliphatic rings. The summed E-state index contributed by atoms with van der Waals surface area (Å²) in [5.74, 6) is -0.228. The highest BCUT2D eigenvalue weighted by Gasteiger charge is 2.70. The minimum absolute atomic E-state index is 0.0238. The second-order valence-electron chi connectivity index (χ2n) is 7.74. The van der Waals surface area contributed by atoms with Crippen LogP contribution in [0.1, 0.15) is 23.6 Å². The van der Waals surface area contributed by atoms with Crippen LogP contribution < -0.4 is 5.32 Å². The number of aryl methyl sites for hydroxylation is 1. The molecule has 2 aromatic rings. The second kappa shape index (κ2) is 6.55. The molecule has 1 saturated heterocycles. The van der Waals surface area contributed by atoms with Crippen LogP contribution in [0.4, 0.5) is 15.8 Å². The van der Waals surface area contributed by atoms with Crippen molar-refractivity contribution in [3.05, 3.63) is 58.9 Å². The molecule has 0 spiro atoms. The van der Waals surface area contributed by atoms with Gasteiger partial charge in [-0.15, -0.1) is 0 Å². The fourth-order valence-corrected chi connectivity index (χ4v) is 4.73. The maximum Gasteiger partial charge on any atom is 0.219 e. The van der Waals surface area contributed by atoms with E-state index in [1.165, 1.54) is 18.3 Å². The lowest BCUT2D eigenvalue weighted by Crippen LogP contribution is -2.33. The zero-order valence-corrected chi connectivity index (χ0v) is 15.8. The first-order chi connectivity index (χ1) is 13.4. The highest BCUT2D eigenvalue weighted by Crippen LogP contribution is 2.64. The molecule has 0 aromatic heterocycles. The van der Waals surface area contributed by atoms with Crippen molar-refractivity contribution >= 4 is 29.8 Å². The molecule has 1 saturated carbocycles. The molecule has 144 valence electrons. The molecule has 3 unspecified atom stereocenters. The number of benzene rings is 2. The van der Waals surface area contributed by atoms with Gasteiger partial charge in [0.25, 0.3) is 0 Å². The van der Waals surface area contributed by atoms with Crippen molar-refractivity contribution in [3.8, 4) is 0 Å². The van der Waals surface area contributed by atoms with Gasteiger partial charge in [-0.25, -0.2) is 4.39 Å². The van der Waals surface area contributed by atoms with Crippen molar-refractivity contribution in [2.75, 3.05) is 18.4 Å². The van der Waals surface area contributed by atoms with Crippen LogP contribution in [-0.4, -0.2) is 36.4 Å². The lowest BCUT2D eigenvalue weighted by atomic mass is 9.87. The highest BCUT2D eigenvalue weighted by molar-refractivity contribution is 5.89. The van der Waals surface area contributed by atoms with Crippen LogP contribution >= 0.6 is 0 Å². The Kier molecular flexibility index (Phi) is 4.29. The summed E-state index contributed by atoms with van der Waals surface area (Å²) in [5.41, 5.74) is 3.87. The average molecular weight is 379 g/mol. The average Bonchev–Trinajstić information content (AvgIpc) is 3.09. The number of hydrogen-bond acceptors (Lipinski definition) is 4. The Morgan fingerprint density at radius 3 is 2.64 bits per heavy atom. The van der Waals surface area contributed by atoms with Gasteiger partial charge in [-0.2, -0.15) is 0 Å². The molecule has 2 N–H and O–H groups in total. The Morgan fingerprint density at radius 2 is 2.04 bits per heavy atom. The molecular weight excluding hydrogens is 357 g/mol. The topological polar surface area (TPSA) is 73.3 Å². The van der Waals surface area contributed by atoms with Crippen molar-refractivity contribution in [2.24, 2.45) is 11.8 Å². The Hall–Kier alpha value is -3.02. The number of halogens is 1. The van der Waals surface area contributed by atoms with Crippen LogP contribution in [0.15, 0.2) is 36.4 Å². The summed E-state index contributed by atoms with van der Waals surface area (Å²) in [5, 5.41) is 11.1. The van der Waals surface area contributed by atoms with Crippen LogP contribution in [0.2, 0.25) is 0 Å². The number of anilines is 2. The maximum absolute atomic E-state index is 13.1. The molecule has 0 bridgehead atoms.